The van der Waals surface area contributed by atoms with E-state index in [0.717, 1.165) is 0 Å². The van der Waals surface area contributed by atoms with Gasteiger partial charge in [-0.3, -0.25) is 0 Å². The second kappa shape index (κ2) is 6.32. The van der Waals surface area contributed by atoms with Crippen molar-refractivity contribution in [3.63, 3.8) is 0 Å². The zero-order valence-corrected chi connectivity index (χ0v) is 8.07. The maximum atomic E-state index is 9.48. The van der Waals surface area contributed by atoms with Crippen molar-refractivity contribution in [3.8, 4) is 0 Å². The molecule has 1 aliphatic rings. The molecule has 4 heteroatoms. The van der Waals surface area contributed by atoms with Gasteiger partial charge in [-0.05, 0) is 13.3 Å². The molecule has 2 unspecified atom stereocenters. The molecular formula is C9H18O4. The molecule has 0 saturated carbocycles. The van der Waals surface area contributed by atoms with E-state index in [9.17, 15) is 5.11 Å². The first-order chi connectivity index (χ1) is 6.34. The number of aliphatic hydroxyl groups is 1. The molecule has 1 rings (SSSR count). The molecule has 1 fully saturated rings. The van der Waals surface area contributed by atoms with Crippen LogP contribution in [-0.2, 0) is 14.2 Å². The van der Waals surface area contributed by atoms with Gasteiger partial charge in [-0.2, -0.15) is 0 Å². The molecule has 13 heavy (non-hydrogen) atoms. The number of hydrogen-bond donors (Lipinski definition) is 1. The Morgan fingerprint density at radius 3 is 3.00 bits per heavy atom. The van der Waals surface area contributed by atoms with Crippen molar-refractivity contribution in [2.24, 2.45) is 0 Å². The molecule has 78 valence electrons. The molecule has 0 amide bonds. The van der Waals surface area contributed by atoms with Gasteiger partial charge in [-0.25, -0.2) is 0 Å². The fourth-order valence-electron chi connectivity index (χ4n) is 1.26. The average Bonchev–Trinajstić information content (AvgIpc) is 2.15. The van der Waals surface area contributed by atoms with E-state index in [0.29, 0.717) is 39.5 Å². The zero-order valence-electron chi connectivity index (χ0n) is 8.07. The number of hydrogen-bond acceptors (Lipinski definition) is 4. The summed E-state index contributed by atoms with van der Waals surface area (Å²) >= 11 is 0. The van der Waals surface area contributed by atoms with E-state index in [1.54, 1.807) is 0 Å². The predicted molar refractivity (Wildman–Crippen MR) is 47.7 cm³/mol. The molecule has 0 aromatic heterocycles. The molecule has 0 aliphatic carbocycles. The van der Waals surface area contributed by atoms with Gasteiger partial charge in [0.1, 0.15) is 6.10 Å². The molecule has 2 atom stereocenters. The van der Waals surface area contributed by atoms with E-state index in [4.69, 9.17) is 14.2 Å². The van der Waals surface area contributed by atoms with Crippen molar-refractivity contribution in [1.29, 1.82) is 0 Å². The van der Waals surface area contributed by atoms with Crippen LogP contribution in [0.15, 0.2) is 0 Å². The Morgan fingerprint density at radius 1 is 1.46 bits per heavy atom. The molecule has 1 heterocycles. The molecular weight excluding hydrogens is 172 g/mol. The second-order valence-corrected chi connectivity index (χ2v) is 3.04. The Kier molecular flexibility index (Phi) is 5.31. The third kappa shape index (κ3) is 4.04. The van der Waals surface area contributed by atoms with Crippen molar-refractivity contribution in [3.05, 3.63) is 0 Å². The SMILES string of the molecule is CCOCCOC1COCCC1O. The first kappa shape index (κ1) is 10.9. The molecule has 0 spiro atoms. The summed E-state index contributed by atoms with van der Waals surface area (Å²) in [6, 6.07) is 0. The van der Waals surface area contributed by atoms with Crippen molar-refractivity contribution in [2.45, 2.75) is 25.6 Å². The normalized spacial score (nSPS) is 29.1. The molecule has 0 bridgehead atoms. The third-order valence-electron chi connectivity index (χ3n) is 2.03. The first-order valence-corrected chi connectivity index (χ1v) is 4.79. The van der Waals surface area contributed by atoms with Gasteiger partial charge in [0.25, 0.3) is 0 Å². The lowest BCUT2D eigenvalue weighted by atomic mass is 10.1. The summed E-state index contributed by atoms with van der Waals surface area (Å²) in [6.45, 7) is 4.88. The highest BCUT2D eigenvalue weighted by Gasteiger charge is 2.23. The predicted octanol–water partition coefficient (Wildman–Crippen LogP) is 0.189. The zero-order chi connectivity index (χ0) is 9.52. The van der Waals surface area contributed by atoms with E-state index in [1.165, 1.54) is 0 Å². The van der Waals surface area contributed by atoms with Crippen molar-refractivity contribution in [1.82, 2.24) is 0 Å². The van der Waals surface area contributed by atoms with Gasteiger partial charge in [-0.1, -0.05) is 0 Å². The van der Waals surface area contributed by atoms with Crippen LogP contribution in [0, 0.1) is 0 Å². The van der Waals surface area contributed by atoms with E-state index < -0.39 is 0 Å². The minimum atomic E-state index is -0.379. The molecule has 0 aromatic rings. The van der Waals surface area contributed by atoms with Crippen LogP contribution in [0.1, 0.15) is 13.3 Å². The lowest BCUT2D eigenvalue weighted by Gasteiger charge is -2.27. The van der Waals surface area contributed by atoms with Gasteiger partial charge in [0.05, 0.1) is 25.9 Å². The molecule has 0 aromatic carbocycles. The number of ether oxygens (including phenoxy) is 3. The van der Waals surface area contributed by atoms with Crippen LogP contribution in [-0.4, -0.2) is 50.3 Å². The first-order valence-electron chi connectivity index (χ1n) is 4.79. The summed E-state index contributed by atoms with van der Waals surface area (Å²) in [5, 5.41) is 9.48. The Balaban J connectivity index is 2.05. The third-order valence-corrected chi connectivity index (χ3v) is 2.03. The fraction of sp³-hybridized carbons (Fsp3) is 1.00. The summed E-state index contributed by atoms with van der Waals surface area (Å²) in [5.41, 5.74) is 0. The summed E-state index contributed by atoms with van der Waals surface area (Å²) in [4.78, 5) is 0. The minimum absolute atomic E-state index is 0.172. The van der Waals surface area contributed by atoms with Crippen LogP contribution in [0.2, 0.25) is 0 Å². The van der Waals surface area contributed by atoms with Gasteiger partial charge in [-0.15, -0.1) is 0 Å². The van der Waals surface area contributed by atoms with Crippen molar-refractivity contribution >= 4 is 0 Å². The average molecular weight is 190 g/mol. The highest BCUT2D eigenvalue weighted by Crippen LogP contribution is 2.10. The summed E-state index contributed by atoms with van der Waals surface area (Å²) in [7, 11) is 0. The summed E-state index contributed by atoms with van der Waals surface area (Å²) in [6.07, 6.45) is 0.115. The fourth-order valence-corrected chi connectivity index (χ4v) is 1.26. The molecule has 4 nitrogen and oxygen atoms in total. The number of rotatable bonds is 5. The van der Waals surface area contributed by atoms with Crippen LogP contribution in [0.3, 0.4) is 0 Å². The molecule has 1 aliphatic heterocycles. The topological polar surface area (TPSA) is 47.9 Å². The quantitative estimate of drug-likeness (QED) is 0.629. The van der Waals surface area contributed by atoms with E-state index in [2.05, 4.69) is 0 Å². The molecule has 1 N–H and O–H groups in total. The Bertz CT molecular complexity index is 129. The van der Waals surface area contributed by atoms with E-state index >= 15 is 0 Å². The van der Waals surface area contributed by atoms with Gasteiger partial charge in [0.15, 0.2) is 0 Å². The lowest BCUT2D eigenvalue weighted by molar-refractivity contribution is -0.124. The van der Waals surface area contributed by atoms with Gasteiger partial charge in [0, 0.05) is 13.2 Å². The van der Waals surface area contributed by atoms with Crippen LogP contribution in [0.5, 0.6) is 0 Å². The Hall–Kier alpha value is -0.160. The van der Waals surface area contributed by atoms with Crippen LogP contribution in [0.4, 0.5) is 0 Å². The monoisotopic (exact) mass is 190 g/mol. The van der Waals surface area contributed by atoms with Crippen LogP contribution in [0.25, 0.3) is 0 Å². The van der Waals surface area contributed by atoms with E-state index in [1.807, 2.05) is 6.92 Å². The standard InChI is InChI=1S/C9H18O4/c1-2-11-5-6-13-9-7-12-4-3-8(9)10/h8-10H,2-7H2,1H3. The second-order valence-electron chi connectivity index (χ2n) is 3.04. The maximum absolute atomic E-state index is 9.48. The highest BCUT2D eigenvalue weighted by atomic mass is 16.6. The van der Waals surface area contributed by atoms with Crippen molar-refractivity contribution < 1.29 is 19.3 Å². The smallest absolute Gasteiger partial charge is 0.107 e. The highest BCUT2D eigenvalue weighted by molar-refractivity contribution is 4.72. The Labute approximate surface area is 78.8 Å². The summed E-state index contributed by atoms with van der Waals surface area (Å²) < 4.78 is 15.7. The van der Waals surface area contributed by atoms with Crippen LogP contribution >= 0.6 is 0 Å². The largest absolute Gasteiger partial charge is 0.390 e. The summed E-state index contributed by atoms with van der Waals surface area (Å²) in [5.74, 6) is 0. The molecule has 0 radical (unpaired) electrons. The van der Waals surface area contributed by atoms with Gasteiger partial charge < -0.3 is 19.3 Å². The lowest BCUT2D eigenvalue weighted by Crippen LogP contribution is -2.39. The minimum Gasteiger partial charge on any atom is -0.390 e. The van der Waals surface area contributed by atoms with Gasteiger partial charge >= 0.3 is 0 Å². The maximum Gasteiger partial charge on any atom is 0.107 e. The van der Waals surface area contributed by atoms with Crippen LogP contribution < -0.4 is 0 Å². The molecule has 1 saturated heterocycles. The van der Waals surface area contributed by atoms with Gasteiger partial charge in [0.2, 0.25) is 0 Å². The van der Waals surface area contributed by atoms with E-state index in [-0.39, 0.29) is 12.2 Å². The Morgan fingerprint density at radius 2 is 2.31 bits per heavy atom. The van der Waals surface area contributed by atoms with Crippen molar-refractivity contribution in [2.75, 3.05) is 33.0 Å². The number of aliphatic hydroxyl groups excluding tert-OH is 1.